The lowest BCUT2D eigenvalue weighted by Crippen LogP contribution is -2.41. The van der Waals surface area contributed by atoms with Crippen LogP contribution in [-0.2, 0) is 4.79 Å². The van der Waals surface area contributed by atoms with Gasteiger partial charge < -0.3 is 24.8 Å². The first-order valence-corrected chi connectivity index (χ1v) is 8.17. The predicted molar refractivity (Wildman–Crippen MR) is 98.0 cm³/mol. The maximum atomic E-state index is 13.2. The Kier molecular flexibility index (Phi) is 6.75. The monoisotopic (exact) mass is 394 g/mol. The van der Waals surface area contributed by atoms with Crippen LogP contribution in [0.1, 0.15) is 17.3 Å². The van der Waals surface area contributed by atoms with Gasteiger partial charge in [0.1, 0.15) is 6.04 Å². The highest BCUT2D eigenvalue weighted by molar-refractivity contribution is 6.01. The van der Waals surface area contributed by atoms with Crippen molar-refractivity contribution in [3.63, 3.8) is 0 Å². The van der Waals surface area contributed by atoms with Crippen LogP contribution in [0.25, 0.3) is 0 Å². The molecule has 0 aliphatic rings. The van der Waals surface area contributed by atoms with E-state index < -0.39 is 29.5 Å². The fourth-order valence-electron chi connectivity index (χ4n) is 2.38. The van der Waals surface area contributed by atoms with Crippen molar-refractivity contribution in [1.82, 2.24) is 5.32 Å². The van der Waals surface area contributed by atoms with Crippen LogP contribution in [0.3, 0.4) is 0 Å². The van der Waals surface area contributed by atoms with Gasteiger partial charge in [-0.2, -0.15) is 0 Å². The summed E-state index contributed by atoms with van der Waals surface area (Å²) in [6, 6.07) is 4.88. The highest BCUT2D eigenvalue weighted by Crippen LogP contribution is 2.38. The summed E-state index contributed by atoms with van der Waals surface area (Å²) in [5.74, 6) is -2.39. The van der Waals surface area contributed by atoms with Crippen LogP contribution in [0.15, 0.2) is 30.3 Å². The van der Waals surface area contributed by atoms with Crippen molar-refractivity contribution in [1.29, 1.82) is 0 Å². The minimum atomic E-state index is -1.09. The van der Waals surface area contributed by atoms with E-state index in [1.807, 2.05) is 0 Å². The third-order valence-corrected chi connectivity index (χ3v) is 3.85. The number of benzene rings is 2. The number of hydrogen-bond donors (Lipinski definition) is 2. The molecule has 0 saturated heterocycles. The van der Waals surface area contributed by atoms with E-state index in [0.29, 0.717) is 5.75 Å². The molecule has 2 aromatic rings. The highest BCUT2D eigenvalue weighted by atomic mass is 19.2. The summed E-state index contributed by atoms with van der Waals surface area (Å²) in [4.78, 5) is 24.7. The molecule has 2 aromatic carbocycles. The van der Waals surface area contributed by atoms with E-state index in [4.69, 9.17) is 14.2 Å². The highest BCUT2D eigenvalue weighted by Gasteiger charge is 2.21. The molecule has 0 fully saturated rings. The van der Waals surface area contributed by atoms with E-state index >= 15 is 0 Å². The summed E-state index contributed by atoms with van der Waals surface area (Å²) in [6.45, 7) is 1.45. The second kappa shape index (κ2) is 9.03. The Morgan fingerprint density at radius 1 is 0.929 bits per heavy atom. The third-order valence-electron chi connectivity index (χ3n) is 3.85. The number of carbonyl (C=O) groups is 2. The van der Waals surface area contributed by atoms with Crippen molar-refractivity contribution in [3.8, 4) is 17.2 Å². The Balaban J connectivity index is 2.12. The van der Waals surface area contributed by atoms with E-state index in [-0.39, 0.29) is 22.7 Å². The molecule has 0 aliphatic carbocycles. The number of nitrogens with one attached hydrogen (secondary N) is 2. The van der Waals surface area contributed by atoms with Gasteiger partial charge in [-0.05, 0) is 31.2 Å². The normalized spacial score (nSPS) is 11.4. The van der Waals surface area contributed by atoms with Gasteiger partial charge >= 0.3 is 0 Å². The number of methoxy groups -OCH3 is 3. The first-order valence-electron chi connectivity index (χ1n) is 8.17. The Morgan fingerprint density at radius 2 is 1.54 bits per heavy atom. The van der Waals surface area contributed by atoms with Gasteiger partial charge in [0.05, 0.1) is 21.3 Å². The molecule has 0 saturated carbocycles. The molecule has 2 N–H and O–H groups in total. The molecule has 0 aliphatic heterocycles. The molecule has 2 rings (SSSR count). The quantitative estimate of drug-likeness (QED) is 0.754. The standard InChI is InChI=1S/C19H20F2N2O5/c1-10(18(24)23-12-5-6-13(20)14(21)9-12)22-19(25)11-7-15(26-2)17(28-4)16(8-11)27-3/h5-10H,1-4H3,(H,22,25)(H,23,24)/t10-/m0/s1. The van der Waals surface area contributed by atoms with E-state index in [1.54, 1.807) is 0 Å². The molecule has 9 heteroatoms. The minimum Gasteiger partial charge on any atom is -0.493 e. The number of carbonyl (C=O) groups excluding carboxylic acids is 2. The zero-order valence-electron chi connectivity index (χ0n) is 15.8. The van der Waals surface area contributed by atoms with Crippen molar-refractivity contribution in [3.05, 3.63) is 47.5 Å². The largest absolute Gasteiger partial charge is 0.493 e. The van der Waals surface area contributed by atoms with Crippen LogP contribution in [0.2, 0.25) is 0 Å². The SMILES string of the molecule is COc1cc(C(=O)N[C@@H](C)C(=O)Nc2ccc(F)c(F)c2)cc(OC)c1OC. The molecule has 0 bridgehead atoms. The molecule has 7 nitrogen and oxygen atoms in total. The van der Waals surface area contributed by atoms with Crippen molar-refractivity contribution < 1.29 is 32.6 Å². The molecule has 0 aromatic heterocycles. The zero-order chi connectivity index (χ0) is 20.8. The summed E-state index contributed by atoms with van der Waals surface area (Å²) in [5.41, 5.74) is 0.250. The molecule has 1 atom stereocenters. The summed E-state index contributed by atoms with van der Waals surface area (Å²) in [6.07, 6.45) is 0. The van der Waals surface area contributed by atoms with Crippen LogP contribution in [-0.4, -0.2) is 39.2 Å². The van der Waals surface area contributed by atoms with Gasteiger partial charge in [0.2, 0.25) is 11.7 Å². The van der Waals surface area contributed by atoms with Crippen LogP contribution < -0.4 is 24.8 Å². The lowest BCUT2D eigenvalue weighted by atomic mass is 10.1. The van der Waals surface area contributed by atoms with Gasteiger partial charge in [0.25, 0.3) is 5.91 Å². The van der Waals surface area contributed by atoms with E-state index in [1.165, 1.54) is 46.5 Å². The Hall–Kier alpha value is -3.36. The lowest BCUT2D eigenvalue weighted by Gasteiger charge is -2.16. The number of amides is 2. The molecule has 2 amide bonds. The summed E-state index contributed by atoms with van der Waals surface area (Å²) in [7, 11) is 4.26. The molecule has 0 unspecified atom stereocenters. The van der Waals surface area contributed by atoms with Crippen molar-refractivity contribution in [2.45, 2.75) is 13.0 Å². The third kappa shape index (κ3) is 4.67. The molecule has 28 heavy (non-hydrogen) atoms. The Bertz CT molecular complexity index is 864. The van der Waals surface area contributed by atoms with Crippen LogP contribution in [0, 0.1) is 11.6 Å². The van der Waals surface area contributed by atoms with Crippen LogP contribution in [0.5, 0.6) is 17.2 Å². The van der Waals surface area contributed by atoms with Gasteiger partial charge in [-0.15, -0.1) is 0 Å². The smallest absolute Gasteiger partial charge is 0.252 e. The topological polar surface area (TPSA) is 85.9 Å². The molecule has 0 heterocycles. The van der Waals surface area contributed by atoms with Gasteiger partial charge in [-0.1, -0.05) is 0 Å². The van der Waals surface area contributed by atoms with E-state index in [0.717, 1.165) is 12.1 Å². The molecule has 0 radical (unpaired) electrons. The second-order valence-corrected chi connectivity index (χ2v) is 5.73. The lowest BCUT2D eigenvalue weighted by molar-refractivity contribution is -0.117. The van der Waals surface area contributed by atoms with Crippen molar-refractivity contribution >= 4 is 17.5 Å². The molecular formula is C19H20F2N2O5. The predicted octanol–water partition coefficient (Wildman–Crippen LogP) is 2.75. The van der Waals surface area contributed by atoms with Crippen LogP contribution in [0.4, 0.5) is 14.5 Å². The first-order chi connectivity index (χ1) is 13.3. The van der Waals surface area contributed by atoms with Crippen LogP contribution >= 0.6 is 0 Å². The Morgan fingerprint density at radius 3 is 2.04 bits per heavy atom. The molecule has 150 valence electrons. The number of rotatable bonds is 7. The fourth-order valence-corrected chi connectivity index (χ4v) is 2.38. The number of anilines is 1. The Labute approximate surface area is 160 Å². The van der Waals surface area contributed by atoms with Gasteiger partial charge in [0, 0.05) is 17.3 Å². The summed E-state index contributed by atoms with van der Waals surface area (Å²) >= 11 is 0. The van der Waals surface area contributed by atoms with E-state index in [9.17, 15) is 18.4 Å². The van der Waals surface area contributed by atoms with Gasteiger partial charge in [-0.25, -0.2) is 8.78 Å². The molecule has 0 spiro atoms. The van der Waals surface area contributed by atoms with Gasteiger partial charge in [0.15, 0.2) is 23.1 Å². The number of halogens is 2. The second-order valence-electron chi connectivity index (χ2n) is 5.73. The first kappa shape index (κ1) is 20.9. The summed E-state index contributed by atoms with van der Waals surface area (Å²) in [5, 5.41) is 4.91. The maximum absolute atomic E-state index is 13.2. The minimum absolute atomic E-state index is 0.0674. The average Bonchev–Trinajstić information content (AvgIpc) is 2.69. The number of hydrogen-bond acceptors (Lipinski definition) is 5. The maximum Gasteiger partial charge on any atom is 0.252 e. The van der Waals surface area contributed by atoms with Gasteiger partial charge in [-0.3, -0.25) is 9.59 Å². The van der Waals surface area contributed by atoms with E-state index in [2.05, 4.69) is 10.6 Å². The number of ether oxygens (including phenoxy) is 3. The molecular weight excluding hydrogens is 374 g/mol. The summed E-state index contributed by atoms with van der Waals surface area (Å²) < 4.78 is 41.8. The van der Waals surface area contributed by atoms with Crippen molar-refractivity contribution in [2.75, 3.05) is 26.6 Å². The zero-order valence-corrected chi connectivity index (χ0v) is 15.8. The van der Waals surface area contributed by atoms with Crippen molar-refractivity contribution in [2.24, 2.45) is 0 Å². The fraction of sp³-hybridized carbons (Fsp3) is 0.263. The average molecular weight is 394 g/mol.